The molecule has 0 saturated heterocycles. The number of fused-ring (bicyclic) bond motifs is 1. The monoisotopic (exact) mass is 426 g/mol. The van der Waals surface area contributed by atoms with Crippen molar-refractivity contribution in [2.45, 2.75) is 13.5 Å². The summed E-state index contributed by atoms with van der Waals surface area (Å²) < 4.78 is 17.1. The Morgan fingerprint density at radius 3 is 2.62 bits per heavy atom. The number of aryl methyl sites for hydroxylation is 1. The molecule has 2 aromatic heterocycles. The molecule has 0 spiro atoms. The minimum atomic E-state index is -0.164. The predicted molar refractivity (Wildman–Crippen MR) is 118 cm³/mol. The van der Waals surface area contributed by atoms with Gasteiger partial charge in [0.1, 0.15) is 23.3 Å². The van der Waals surface area contributed by atoms with Gasteiger partial charge in [0.15, 0.2) is 12.0 Å². The van der Waals surface area contributed by atoms with Crippen LogP contribution in [0.4, 0.5) is 0 Å². The molecule has 0 saturated carbocycles. The largest absolute Gasteiger partial charge is 0.508 e. The molecule has 0 amide bonds. The summed E-state index contributed by atoms with van der Waals surface area (Å²) in [5.41, 5.74) is 3.27. The van der Waals surface area contributed by atoms with Gasteiger partial charge in [0.2, 0.25) is 5.89 Å². The molecule has 0 aliphatic carbocycles. The van der Waals surface area contributed by atoms with Crippen LogP contribution in [0.15, 0.2) is 86.6 Å². The van der Waals surface area contributed by atoms with Crippen molar-refractivity contribution in [3.8, 4) is 34.1 Å². The maximum absolute atomic E-state index is 12.9. The minimum Gasteiger partial charge on any atom is -0.508 e. The fraction of sp³-hybridized carbons (Fsp3) is 0.0800. The molecule has 0 aliphatic rings. The molecule has 1 N–H and O–H groups in total. The van der Waals surface area contributed by atoms with Gasteiger partial charge in [0.25, 0.3) is 5.89 Å². The number of hydrogen-bond donors (Lipinski definition) is 1. The summed E-state index contributed by atoms with van der Waals surface area (Å²) in [5.74, 6) is 1.41. The molecule has 0 unspecified atom stereocenters. The molecule has 158 valence electrons. The van der Waals surface area contributed by atoms with Crippen molar-refractivity contribution in [1.82, 2.24) is 10.2 Å². The highest BCUT2D eigenvalue weighted by molar-refractivity contribution is 5.82. The number of aromatic hydroxyl groups is 1. The zero-order valence-corrected chi connectivity index (χ0v) is 17.1. The highest BCUT2D eigenvalue weighted by atomic mass is 16.5. The first-order chi connectivity index (χ1) is 15.6. The second kappa shape index (κ2) is 8.03. The van der Waals surface area contributed by atoms with Crippen LogP contribution in [0.3, 0.4) is 0 Å². The first-order valence-corrected chi connectivity index (χ1v) is 9.94. The Morgan fingerprint density at radius 1 is 0.969 bits per heavy atom. The van der Waals surface area contributed by atoms with Crippen LogP contribution in [-0.4, -0.2) is 15.3 Å². The molecule has 7 nitrogen and oxygen atoms in total. The quantitative estimate of drug-likeness (QED) is 0.417. The Labute approximate surface area is 182 Å². The molecule has 3 aromatic carbocycles. The van der Waals surface area contributed by atoms with Crippen LogP contribution in [0.2, 0.25) is 0 Å². The number of rotatable bonds is 5. The van der Waals surface area contributed by atoms with Crippen LogP contribution < -0.4 is 10.2 Å². The average Bonchev–Trinajstić information content (AvgIpc) is 3.28. The molecule has 2 heterocycles. The smallest absolute Gasteiger partial charge is 0.254 e. The summed E-state index contributed by atoms with van der Waals surface area (Å²) >= 11 is 0. The first kappa shape index (κ1) is 19.6. The van der Waals surface area contributed by atoms with E-state index in [1.807, 2.05) is 31.2 Å². The Hall–Kier alpha value is -4.39. The maximum Gasteiger partial charge on any atom is 0.254 e. The summed E-state index contributed by atoms with van der Waals surface area (Å²) in [6.45, 7) is 2.08. The van der Waals surface area contributed by atoms with Crippen LogP contribution in [0.5, 0.6) is 11.5 Å². The normalized spacial score (nSPS) is 11.0. The Bertz CT molecular complexity index is 1470. The van der Waals surface area contributed by atoms with Crippen molar-refractivity contribution in [3.63, 3.8) is 0 Å². The number of phenols is 1. The minimum absolute atomic E-state index is 0.0835. The van der Waals surface area contributed by atoms with Gasteiger partial charge in [0, 0.05) is 11.6 Å². The van der Waals surface area contributed by atoms with Crippen molar-refractivity contribution in [2.75, 3.05) is 0 Å². The number of hydrogen-bond acceptors (Lipinski definition) is 7. The van der Waals surface area contributed by atoms with Gasteiger partial charge in [-0.25, -0.2) is 0 Å². The van der Waals surface area contributed by atoms with E-state index in [1.165, 1.54) is 18.4 Å². The third-order valence-electron chi connectivity index (χ3n) is 5.02. The highest BCUT2D eigenvalue weighted by Crippen LogP contribution is 2.25. The fourth-order valence-electron chi connectivity index (χ4n) is 3.39. The van der Waals surface area contributed by atoms with E-state index in [-0.39, 0.29) is 17.8 Å². The number of nitrogens with zero attached hydrogens (tertiary/aromatic N) is 2. The van der Waals surface area contributed by atoms with E-state index >= 15 is 0 Å². The van der Waals surface area contributed by atoms with Crippen molar-refractivity contribution in [1.29, 1.82) is 0 Å². The molecule has 5 rings (SSSR count). The fourth-order valence-corrected chi connectivity index (χ4v) is 3.39. The lowest BCUT2D eigenvalue weighted by atomic mass is 10.1. The van der Waals surface area contributed by atoms with Crippen molar-refractivity contribution < 1.29 is 18.7 Å². The van der Waals surface area contributed by atoms with E-state index in [9.17, 15) is 9.90 Å². The lowest BCUT2D eigenvalue weighted by Gasteiger charge is -2.06. The molecule has 0 radical (unpaired) electrons. The molecular formula is C25H18N2O5. The van der Waals surface area contributed by atoms with Gasteiger partial charge in [-0.2, -0.15) is 0 Å². The average molecular weight is 426 g/mol. The number of phenolic OH excluding ortho intramolecular Hbond substituents is 1. The molecule has 5 aromatic rings. The van der Waals surface area contributed by atoms with Crippen molar-refractivity contribution >= 4 is 11.0 Å². The third kappa shape index (κ3) is 3.83. The van der Waals surface area contributed by atoms with E-state index in [2.05, 4.69) is 10.2 Å². The molecule has 0 bridgehead atoms. The van der Waals surface area contributed by atoms with E-state index in [1.54, 1.807) is 30.3 Å². The van der Waals surface area contributed by atoms with E-state index in [0.717, 1.165) is 11.1 Å². The van der Waals surface area contributed by atoms with Gasteiger partial charge in [-0.15, -0.1) is 10.2 Å². The van der Waals surface area contributed by atoms with Crippen LogP contribution in [0.25, 0.3) is 33.6 Å². The van der Waals surface area contributed by atoms with Crippen LogP contribution >= 0.6 is 0 Å². The van der Waals surface area contributed by atoms with Crippen LogP contribution in [0.1, 0.15) is 11.5 Å². The third-order valence-corrected chi connectivity index (χ3v) is 5.02. The zero-order chi connectivity index (χ0) is 22.1. The van der Waals surface area contributed by atoms with Gasteiger partial charge < -0.3 is 18.7 Å². The van der Waals surface area contributed by atoms with Crippen LogP contribution in [0, 0.1) is 6.92 Å². The number of ether oxygens (including phenoxy) is 1. The van der Waals surface area contributed by atoms with E-state index in [0.29, 0.717) is 39.6 Å². The standard InChI is InChI=1S/C25H18N2O5/c1-15-3-2-4-17(11-15)25-27-26-23(32-25)14-30-19-9-10-20-22(12-19)31-13-21(24(20)29)16-5-7-18(28)8-6-16/h2-13,28H,14H2,1H3. The maximum atomic E-state index is 12.9. The molecule has 0 fully saturated rings. The summed E-state index contributed by atoms with van der Waals surface area (Å²) in [6, 6.07) is 19.2. The summed E-state index contributed by atoms with van der Waals surface area (Å²) in [5, 5.41) is 18.0. The Balaban J connectivity index is 1.35. The Morgan fingerprint density at radius 2 is 1.81 bits per heavy atom. The first-order valence-electron chi connectivity index (χ1n) is 9.94. The SMILES string of the molecule is Cc1cccc(-c2nnc(COc3ccc4c(=O)c(-c5ccc(O)cc5)coc4c3)o2)c1. The van der Waals surface area contributed by atoms with Gasteiger partial charge >= 0.3 is 0 Å². The number of benzene rings is 3. The molecule has 7 heteroatoms. The number of aromatic nitrogens is 2. The molecule has 0 aliphatic heterocycles. The van der Waals surface area contributed by atoms with Gasteiger partial charge in [0.05, 0.1) is 10.9 Å². The summed E-state index contributed by atoms with van der Waals surface area (Å²) in [7, 11) is 0. The molecule has 32 heavy (non-hydrogen) atoms. The van der Waals surface area contributed by atoms with E-state index < -0.39 is 0 Å². The predicted octanol–water partition coefficient (Wildman–Crippen LogP) is 5.10. The second-order valence-corrected chi connectivity index (χ2v) is 7.34. The summed E-state index contributed by atoms with van der Waals surface area (Å²) in [4.78, 5) is 12.9. The van der Waals surface area contributed by atoms with Crippen molar-refractivity contribution in [2.24, 2.45) is 0 Å². The molecule has 0 atom stereocenters. The van der Waals surface area contributed by atoms with Gasteiger partial charge in [-0.05, 0) is 48.9 Å². The van der Waals surface area contributed by atoms with Crippen molar-refractivity contribution in [3.05, 3.63) is 94.7 Å². The second-order valence-electron chi connectivity index (χ2n) is 7.34. The van der Waals surface area contributed by atoms with E-state index in [4.69, 9.17) is 13.6 Å². The zero-order valence-electron chi connectivity index (χ0n) is 17.1. The van der Waals surface area contributed by atoms with Gasteiger partial charge in [-0.3, -0.25) is 4.79 Å². The van der Waals surface area contributed by atoms with Crippen LogP contribution in [-0.2, 0) is 6.61 Å². The lowest BCUT2D eigenvalue weighted by Crippen LogP contribution is -2.05. The Kier molecular flexibility index (Phi) is 4.91. The lowest BCUT2D eigenvalue weighted by molar-refractivity contribution is 0.264. The van der Waals surface area contributed by atoms with Gasteiger partial charge in [-0.1, -0.05) is 29.8 Å². The highest BCUT2D eigenvalue weighted by Gasteiger charge is 2.12. The topological polar surface area (TPSA) is 98.6 Å². The summed E-state index contributed by atoms with van der Waals surface area (Å²) in [6.07, 6.45) is 1.41. The molecular weight excluding hydrogens is 408 g/mol.